The summed E-state index contributed by atoms with van der Waals surface area (Å²) in [6.07, 6.45) is 2.06. The smallest absolute Gasteiger partial charge is 0.336 e. The summed E-state index contributed by atoms with van der Waals surface area (Å²) in [6.45, 7) is 4.51. The number of hydrogen-bond acceptors (Lipinski definition) is 5. The number of aromatic carboxylic acids is 1. The van der Waals surface area contributed by atoms with E-state index in [1.165, 1.54) is 0 Å². The van der Waals surface area contributed by atoms with Gasteiger partial charge in [0, 0.05) is 32.7 Å². The molecule has 0 bridgehead atoms. The van der Waals surface area contributed by atoms with Crippen LogP contribution in [0, 0.1) is 6.92 Å². The van der Waals surface area contributed by atoms with Crippen molar-refractivity contribution >= 4 is 11.8 Å². The standard InChI is InChI=1S/C19H24N4O2/c1-14-7-8-18(21-20-14)22(2)16-9-11-23(12-10-16)13-15-5-3-4-6-17(15)19(24)25/h3-8,16H,9-13H2,1-2H3,(H,24,25). The number of carboxylic acid groups (broad SMARTS) is 1. The number of carboxylic acids is 1. The number of rotatable bonds is 5. The van der Waals surface area contributed by atoms with Crippen LogP contribution < -0.4 is 4.90 Å². The Morgan fingerprint density at radius 3 is 2.56 bits per heavy atom. The van der Waals surface area contributed by atoms with E-state index in [0.717, 1.165) is 43.0 Å². The van der Waals surface area contributed by atoms with Crippen LogP contribution in [0.5, 0.6) is 0 Å². The highest BCUT2D eigenvalue weighted by molar-refractivity contribution is 5.89. The maximum Gasteiger partial charge on any atom is 0.336 e. The number of benzene rings is 1. The fourth-order valence-electron chi connectivity index (χ4n) is 3.34. The lowest BCUT2D eigenvalue weighted by atomic mass is 10.0. The summed E-state index contributed by atoms with van der Waals surface area (Å²) in [7, 11) is 2.07. The van der Waals surface area contributed by atoms with E-state index in [1.54, 1.807) is 12.1 Å². The lowest BCUT2D eigenvalue weighted by Gasteiger charge is -2.37. The summed E-state index contributed by atoms with van der Waals surface area (Å²) in [5, 5.41) is 17.7. The first-order valence-corrected chi connectivity index (χ1v) is 8.61. The van der Waals surface area contributed by atoms with E-state index in [2.05, 4.69) is 27.0 Å². The Labute approximate surface area is 148 Å². The molecule has 1 saturated heterocycles. The third-order valence-corrected chi connectivity index (χ3v) is 4.89. The van der Waals surface area contributed by atoms with Gasteiger partial charge in [0.25, 0.3) is 0 Å². The summed E-state index contributed by atoms with van der Waals surface area (Å²) in [5.41, 5.74) is 2.20. The van der Waals surface area contributed by atoms with Crippen LogP contribution in [0.2, 0.25) is 0 Å². The molecule has 0 amide bonds. The van der Waals surface area contributed by atoms with Gasteiger partial charge in [0.2, 0.25) is 0 Å². The van der Waals surface area contributed by atoms with Gasteiger partial charge in [-0.05, 0) is 43.5 Å². The van der Waals surface area contributed by atoms with Crippen molar-refractivity contribution < 1.29 is 9.90 Å². The Morgan fingerprint density at radius 1 is 1.20 bits per heavy atom. The van der Waals surface area contributed by atoms with Crippen molar-refractivity contribution in [2.24, 2.45) is 0 Å². The molecule has 25 heavy (non-hydrogen) atoms. The van der Waals surface area contributed by atoms with Gasteiger partial charge in [-0.25, -0.2) is 4.79 Å². The quantitative estimate of drug-likeness (QED) is 0.902. The predicted molar refractivity (Wildman–Crippen MR) is 96.9 cm³/mol. The van der Waals surface area contributed by atoms with Gasteiger partial charge in [-0.2, -0.15) is 5.10 Å². The highest BCUT2D eigenvalue weighted by Crippen LogP contribution is 2.22. The number of hydrogen-bond donors (Lipinski definition) is 1. The zero-order valence-corrected chi connectivity index (χ0v) is 14.7. The Bertz CT molecular complexity index is 724. The zero-order chi connectivity index (χ0) is 17.8. The topological polar surface area (TPSA) is 69.6 Å². The normalized spacial score (nSPS) is 15.9. The molecule has 1 fully saturated rings. The van der Waals surface area contributed by atoms with Crippen molar-refractivity contribution in [3.8, 4) is 0 Å². The third-order valence-electron chi connectivity index (χ3n) is 4.89. The molecule has 3 rings (SSSR count). The van der Waals surface area contributed by atoms with Gasteiger partial charge in [0.1, 0.15) is 0 Å². The van der Waals surface area contributed by atoms with Crippen LogP contribution in [0.3, 0.4) is 0 Å². The van der Waals surface area contributed by atoms with Crippen LogP contribution in [0.1, 0.15) is 34.5 Å². The minimum atomic E-state index is -0.858. The number of anilines is 1. The van der Waals surface area contributed by atoms with Crippen molar-refractivity contribution in [1.29, 1.82) is 0 Å². The minimum absolute atomic E-state index is 0.400. The van der Waals surface area contributed by atoms with Crippen molar-refractivity contribution in [2.45, 2.75) is 32.4 Å². The molecule has 1 aliphatic rings. The van der Waals surface area contributed by atoms with Gasteiger partial charge in [-0.3, -0.25) is 4.90 Å². The predicted octanol–water partition coefficient (Wildman–Crippen LogP) is 2.58. The Hall–Kier alpha value is -2.47. The van der Waals surface area contributed by atoms with E-state index in [0.29, 0.717) is 18.2 Å². The van der Waals surface area contributed by atoms with Crippen LogP contribution in [-0.4, -0.2) is 52.4 Å². The van der Waals surface area contributed by atoms with Crippen molar-refractivity contribution in [3.05, 3.63) is 53.2 Å². The minimum Gasteiger partial charge on any atom is -0.478 e. The molecule has 2 aromatic rings. The maximum absolute atomic E-state index is 11.3. The number of nitrogens with zero attached hydrogens (tertiary/aromatic N) is 4. The zero-order valence-electron chi connectivity index (χ0n) is 14.7. The number of piperidine rings is 1. The molecule has 6 nitrogen and oxygen atoms in total. The largest absolute Gasteiger partial charge is 0.478 e. The third kappa shape index (κ3) is 4.14. The molecule has 0 radical (unpaired) electrons. The van der Waals surface area contributed by atoms with E-state index in [-0.39, 0.29) is 0 Å². The monoisotopic (exact) mass is 340 g/mol. The lowest BCUT2D eigenvalue weighted by Crippen LogP contribution is -2.43. The van der Waals surface area contributed by atoms with Gasteiger partial charge < -0.3 is 10.0 Å². The molecule has 132 valence electrons. The fourth-order valence-corrected chi connectivity index (χ4v) is 3.34. The van der Waals surface area contributed by atoms with Crippen LogP contribution in [0.25, 0.3) is 0 Å². The molecule has 1 aliphatic heterocycles. The molecular formula is C19H24N4O2. The van der Waals surface area contributed by atoms with E-state index in [1.807, 2.05) is 31.2 Å². The summed E-state index contributed by atoms with van der Waals surface area (Å²) < 4.78 is 0. The fraction of sp³-hybridized carbons (Fsp3) is 0.421. The molecule has 1 aromatic carbocycles. The van der Waals surface area contributed by atoms with Gasteiger partial charge >= 0.3 is 5.97 Å². The second kappa shape index (κ2) is 7.61. The summed E-state index contributed by atoms with van der Waals surface area (Å²) in [5.74, 6) is 0.0448. The molecule has 0 aliphatic carbocycles. The number of likely N-dealkylation sites (tertiary alicyclic amines) is 1. The van der Waals surface area contributed by atoms with Gasteiger partial charge in [0.15, 0.2) is 5.82 Å². The first kappa shape index (κ1) is 17.4. The molecule has 6 heteroatoms. The SMILES string of the molecule is Cc1ccc(N(C)C2CCN(Cc3ccccc3C(=O)O)CC2)nn1. The maximum atomic E-state index is 11.3. The van der Waals surface area contributed by atoms with Gasteiger partial charge in [-0.15, -0.1) is 5.10 Å². The van der Waals surface area contributed by atoms with Gasteiger partial charge in [-0.1, -0.05) is 18.2 Å². The van der Waals surface area contributed by atoms with Crippen LogP contribution in [-0.2, 0) is 6.54 Å². The van der Waals surface area contributed by atoms with Crippen LogP contribution in [0.15, 0.2) is 36.4 Å². The molecule has 0 atom stereocenters. The number of carbonyl (C=O) groups is 1. The molecule has 0 unspecified atom stereocenters. The Morgan fingerprint density at radius 2 is 1.92 bits per heavy atom. The van der Waals surface area contributed by atoms with E-state index >= 15 is 0 Å². The van der Waals surface area contributed by atoms with E-state index in [9.17, 15) is 9.90 Å². The summed E-state index contributed by atoms with van der Waals surface area (Å²) >= 11 is 0. The first-order valence-electron chi connectivity index (χ1n) is 8.61. The average molecular weight is 340 g/mol. The first-order chi connectivity index (χ1) is 12.0. The molecule has 0 saturated carbocycles. The molecule has 2 heterocycles. The Kier molecular flexibility index (Phi) is 5.28. The molecular weight excluding hydrogens is 316 g/mol. The van der Waals surface area contributed by atoms with Crippen molar-refractivity contribution in [3.63, 3.8) is 0 Å². The number of aromatic nitrogens is 2. The highest BCUT2D eigenvalue weighted by Gasteiger charge is 2.24. The van der Waals surface area contributed by atoms with Crippen LogP contribution >= 0.6 is 0 Å². The molecule has 0 spiro atoms. The molecule has 1 N–H and O–H groups in total. The van der Waals surface area contributed by atoms with Crippen LogP contribution in [0.4, 0.5) is 5.82 Å². The number of aryl methyl sites for hydroxylation is 1. The van der Waals surface area contributed by atoms with Crippen molar-refractivity contribution in [1.82, 2.24) is 15.1 Å². The highest BCUT2D eigenvalue weighted by atomic mass is 16.4. The lowest BCUT2D eigenvalue weighted by molar-refractivity contribution is 0.0694. The van der Waals surface area contributed by atoms with E-state index in [4.69, 9.17) is 0 Å². The molecule has 1 aromatic heterocycles. The second-order valence-electron chi connectivity index (χ2n) is 6.61. The summed E-state index contributed by atoms with van der Waals surface area (Å²) in [6, 6.07) is 11.7. The Balaban J connectivity index is 1.59. The van der Waals surface area contributed by atoms with Gasteiger partial charge in [0.05, 0.1) is 11.3 Å². The summed E-state index contributed by atoms with van der Waals surface area (Å²) in [4.78, 5) is 15.9. The average Bonchev–Trinajstić information content (AvgIpc) is 2.63. The van der Waals surface area contributed by atoms with Crippen molar-refractivity contribution in [2.75, 3.05) is 25.0 Å². The second-order valence-corrected chi connectivity index (χ2v) is 6.61. The van der Waals surface area contributed by atoms with E-state index < -0.39 is 5.97 Å².